The first-order valence-electron chi connectivity index (χ1n) is 11.0. The van der Waals surface area contributed by atoms with Crippen molar-refractivity contribution < 1.29 is 42.2 Å². The Bertz CT molecular complexity index is 1090. The van der Waals surface area contributed by atoms with Crippen molar-refractivity contribution >= 4 is 25.0 Å². The minimum Gasteiger partial charge on any atom is -0.479 e. The molecule has 0 spiro atoms. The zero-order chi connectivity index (χ0) is 24.6. The number of phosphoric acid groups is 1. The highest BCUT2D eigenvalue weighted by Gasteiger charge is 2.53. The lowest BCUT2D eigenvalue weighted by Gasteiger charge is -2.30. The summed E-state index contributed by atoms with van der Waals surface area (Å²) in [4.78, 5) is 24.8. The summed E-state index contributed by atoms with van der Waals surface area (Å²) in [6, 6.07) is 0. The average molecular weight is 500 g/mol. The normalized spacial score (nSPS) is 29.9. The van der Waals surface area contributed by atoms with Crippen LogP contribution in [0.2, 0.25) is 0 Å². The van der Waals surface area contributed by atoms with E-state index in [1.807, 2.05) is 0 Å². The van der Waals surface area contributed by atoms with Crippen LogP contribution in [0, 0.1) is 12.8 Å². The lowest BCUT2D eigenvalue weighted by molar-refractivity contribution is -0.152. The number of carbonyl (C=O) groups excluding carboxylic acids is 1. The zero-order valence-corrected chi connectivity index (χ0v) is 20.5. The smallest absolute Gasteiger partial charge is 0.475 e. The molecule has 2 saturated heterocycles. The molecule has 2 aliphatic rings. The second kappa shape index (κ2) is 9.84. The summed E-state index contributed by atoms with van der Waals surface area (Å²) in [7, 11) is -2.49. The molecular weight excluding hydrogens is 471 g/mol. The second-order valence-electron chi connectivity index (χ2n) is 8.48. The average Bonchev–Trinajstić information content (AvgIpc) is 3.33. The quantitative estimate of drug-likeness (QED) is 0.416. The van der Waals surface area contributed by atoms with E-state index in [4.69, 9.17) is 27.8 Å². The number of carbonyl (C=O) groups is 1. The minimum atomic E-state index is -3.97. The minimum absolute atomic E-state index is 0.0500. The molecule has 0 saturated carbocycles. The van der Waals surface area contributed by atoms with Crippen LogP contribution in [-0.2, 0) is 32.4 Å². The lowest BCUT2D eigenvalue weighted by Crippen LogP contribution is -2.39. The number of phosphoric ester groups is 1. The summed E-state index contributed by atoms with van der Waals surface area (Å²) >= 11 is 0. The van der Waals surface area contributed by atoms with Crippen LogP contribution in [-0.4, -0.2) is 75.3 Å². The summed E-state index contributed by atoms with van der Waals surface area (Å²) < 4.78 is 47.1. The predicted octanol–water partition coefficient (Wildman–Crippen LogP) is 1.92. The molecule has 0 bridgehead atoms. The Morgan fingerprint density at radius 1 is 1.35 bits per heavy atom. The number of methoxy groups -OCH3 is 1. The molecule has 4 rings (SSSR count). The second-order valence-corrected chi connectivity index (χ2v) is 10.1. The summed E-state index contributed by atoms with van der Waals surface area (Å²) in [5, 5.41) is 10.9. The first-order chi connectivity index (χ1) is 16.1. The first-order valence-corrected chi connectivity index (χ1v) is 12.4. The van der Waals surface area contributed by atoms with Crippen molar-refractivity contribution in [2.45, 2.75) is 64.8 Å². The molecule has 34 heavy (non-hydrogen) atoms. The van der Waals surface area contributed by atoms with Gasteiger partial charge in [-0.25, -0.2) is 14.5 Å². The Morgan fingerprint density at radius 3 is 2.82 bits per heavy atom. The topological polar surface area (TPSA) is 153 Å². The predicted molar refractivity (Wildman–Crippen MR) is 116 cm³/mol. The van der Waals surface area contributed by atoms with Crippen molar-refractivity contribution in [1.29, 1.82) is 0 Å². The molecule has 0 radical (unpaired) electrons. The van der Waals surface area contributed by atoms with Gasteiger partial charge in [0.15, 0.2) is 17.4 Å². The number of imidazole rings is 1. The van der Waals surface area contributed by atoms with Crippen LogP contribution in [0.3, 0.4) is 0 Å². The fraction of sp³-hybridized carbons (Fsp3) is 0.700. The maximum Gasteiger partial charge on any atom is 0.475 e. The van der Waals surface area contributed by atoms with E-state index in [2.05, 4.69) is 15.0 Å². The SMILES string of the molecule is COc1nc(C)nc2c1ncn2[C@@H]1O[C@@H]2CO[P@@](=O)(OCC[C@@H](C)C(=O)OC(C)C)O[C@H]2[C@@H]1O. The molecule has 188 valence electrons. The van der Waals surface area contributed by atoms with Crippen molar-refractivity contribution in [3.05, 3.63) is 12.2 Å². The van der Waals surface area contributed by atoms with Gasteiger partial charge in [-0.3, -0.25) is 22.9 Å². The van der Waals surface area contributed by atoms with Gasteiger partial charge in [0.25, 0.3) is 0 Å². The van der Waals surface area contributed by atoms with Crippen LogP contribution in [0.1, 0.15) is 39.2 Å². The first kappa shape index (κ1) is 25.0. The lowest BCUT2D eigenvalue weighted by atomic mass is 10.1. The molecule has 2 aromatic rings. The number of ether oxygens (including phenoxy) is 3. The molecular formula is C20H29N4O9P. The molecule has 0 aliphatic carbocycles. The van der Waals surface area contributed by atoms with E-state index < -0.39 is 38.3 Å². The summed E-state index contributed by atoms with van der Waals surface area (Å²) in [5.74, 6) is -0.0588. The number of hydrogen-bond donors (Lipinski definition) is 1. The fourth-order valence-electron chi connectivity index (χ4n) is 3.76. The van der Waals surface area contributed by atoms with Crippen LogP contribution < -0.4 is 4.74 Å². The number of aliphatic hydroxyl groups is 1. The summed E-state index contributed by atoms with van der Waals surface area (Å²) in [6.07, 6.45) is -2.27. The third kappa shape index (κ3) is 4.95. The van der Waals surface area contributed by atoms with Gasteiger partial charge >= 0.3 is 13.8 Å². The monoisotopic (exact) mass is 500 g/mol. The molecule has 2 aliphatic heterocycles. The van der Waals surface area contributed by atoms with E-state index in [1.165, 1.54) is 13.4 Å². The standard InChI is InChI=1S/C20H29N4O9P/c1-10(2)31-20(26)11(3)6-7-29-34(27)30-8-13-16(33-34)15(25)19(32-13)24-9-21-14-17(24)22-12(4)23-18(14)28-5/h9-11,13,15-16,19,25H,6-8H2,1-5H3/t11-,13-,15+,16-,19-,34-/m1/s1. The van der Waals surface area contributed by atoms with Crippen molar-refractivity contribution in [2.75, 3.05) is 20.3 Å². The van der Waals surface area contributed by atoms with E-state index in [1.54, 1.807) is 32.3 Å². The van der Waals surface area contributed by atoms with Crippen LogP contribution in [0.5, 0.6) is 5.88 Å². The maximum absolute atomic E-state index is 13.0. The maximum atomic E-state index is 13.0. The number of hydrogen-bond acceptors (Lipinski definition) is 12. The van der Waals surface area contributed by atoms with Crippen molar-refractivity contribution in [3.8, 4) is 5.88 Å². The summed E-state index contributed by atoms with van der Waals surface area (Å²) in [6.45, 7) is 6.77. The highest BCUT2D eigenvalue weighted by molar-refractivity contribution is 7.48. The van der Waals surface area contributed by atoms with E-state index >= 15 is 0 Å². The van der Waals surface area contributed by atoms with Crippen molar-refractivity contribution in [1.82, 2.24) is 19.5 Å². The van der Waals surface area contributed by atoms with Gasteiger partial charge in [-0.1, -0.05) is 6.92 Å². The number of esters is 1. The van der Waals surface area contributed by atoms with Crippen molar-refractivity contribution in [3.63, 3.8) is 0 Å². The number of fused-ring (bicyclic) bond motifs is 2. The van der Waals surface area contributed by atoms with Gasteiger partial charge < -0.3 is 19.3 Å². The van der Waals surface area contributed by atoms with Crippen LogP contribution in [0.4, 0.5) is 0 Å². The molecule has 2 aromatic heterocycles. The van der Waals surface area contributed by atoms with E-state index in [9.17, 15) is 14.5 Å². The van der Waals surface area contributed by atoms with Gasteiger partial charge in [0.05, 0.1) is 38.7 Å². The van der Waals surface area contributed by atoms with Crippen LogP contribution in [0.15, 0.2) is 6.33 Å². The van der Waals surface area contributed by atoms with Crippen LogP contribution in [0.25, 0.3) is 11.2 Å². The third-order valence-corrected chi connectivity index (χ3v) is 6.95. The molecule has 6 atom stereocenters. The Balaban J connectivity index is 1.42. The van der Waals surface area contributed by atoms with Gasteiger partial charge in [0.1, 0.15) is 24.1 Å². The van der Waals surface area contributed by atoms with E-state index in [0.717, 1.165) is 0 Å². The fourth-order valence-corrected chi connectivity index (χ4v) is 5.17. The Hall–Kier alpha value is -2.15. The molecule has 0 unspecified atom stereocenters. The Morgan fingerprint density at radius 2 is 2.12 bits per heavy atom. The molecule has 2 fully saturated rings. The van der Waals surface area contributed by atoms with E-state index in [0.29, 0.717) is 22.9 Å². The van der Waals surface area contributed by atoms with Gasteiger partial charge in [-0.2, -0.15) is 4.98 Å². The molecule has 0 aromatic carbocycles. The summed E-state index contributed by atoms with van der Waals surface area (Å²) in [5.41, 5.74) is 0.824. The molecule has 0 amide bonds. The zero-order valence-electron chi connectivity index (χ0n) is 19.6. The van der Waals surface area contributed by atoms with Gasteiger partial charge in [-0.15, -0.1) is 0 Å². The van der Waals surface area contributed by atoms with Gasteiger partial charge in [0.2, 0.25) is 5.88 Å². The van der Waals surface area contributed by atoms with Gasteiger partial charge in [-0.05, 0) is 27.2 Å². The molecule has 14 heteroatoms. The number of rotatable bonds is 8. The Kier molecular flexibility index (Phi) is 7.22. The van der Waals surface area contributed by atoms with Crippen molar-refractivity contribution in [2.24, 2.45) is 5.92 Å². The molecule has 13 nitrogen and oxygen atoms in total. The highest BCUT2D eigenvalue weighted by Crippen LogP contribution is 2.56. The Labute approximate surface area is 196 Å². The molecule has 4 heterocycles. The van der Waals surface area contributed by atoms with Crippen LogP contribution >= 0.6 is 7.82 Å². The number of aryl methyl sites for hydroxylation is 1. The molecule has 1 N–H and O–H groups in total. The number of aromatic nitrogens is 4. The number of aliphatic hydroxyl groups excluding tert-OH is 1. The highest BCUT2D eigenvalue weighted by atomic mass is 31.2. The van der Waals surface area contributed by atoms with E-state index in [-0.39, 0.29) is 31.7 Å². The largest absolute Gasteiger partial charge is 0.479 e. The van der Waals surface area contributed by atoms with Gasteiger partial charge in [0, 0.05) is 0 Å². The number of nitrogens with zero attached hydrogens (tertiary/aromatic N) is 4. The third-order valence-electron chi connectivity index (χ3n) is 5.48.